The first kappa shape index (κ1) is 13.2. The first-order chi connectivity index (χ1) is 8.21. The first-order valence-electron chi connectivity index (χ1n) is 5.39. The summed E-state index contributed by atoms with van der Waals surface area (Å²) >= 11 is 0. The second kappa shape index (κ2) is 4.18. The molecule has 8 nitrogen and oxygen atoms in total. The van der Waals surface area contributed by atoms with Gasteiger partial charge in [0.15, 0.2) is 6.04 Å². The van der Waals surface area contributed by atoms with Crippen molar-refractivity contribution in [3.05, 3.63) is 0 Å². The number of aliphatic carboxylic acids is 1. The number of carbonyl (C=O) groups is 2. The summed E-state index contributed by atoms with van der Waals surface area (Å²) in [6.07, 6.45) is -1.56. The van der Waals surface area contributed by atoms with E-state index in [2.05, 4.69) is 5.32 Å². The molecule has 9 heteroatoms. The van der Waals surface area contributed by atoms with Crippen molar-refractivity contribution in [3.63, 3.8) is 0 Å². The van der Waals surface area contributed by atoms with Crippen molar-refractivity contribution >= 4 is 22.0 Å². The Hall–Kier alpha value is -1.19. The summed E-state index contributed by atoms with van der Waals surface area (Å²) in [5, 5.41) is 19.7. The van der Waals surface area contributed by atoms with E-state index >= 15 is 0 Å². The topological polar surface area (TPSA) is 141 Å². The number of piperidine rings is 1. The van der Waals surface area contributed by atoms with E-state index in [0.717, 1.165) is 0 Å². The number of aliphatic hydroxyl groups is 1. The van der Waals surface area contributed by atoms with Gasteiger partial charge in [0.05, 0.1) is 11.4 Å². The Labute approximate surface area is 103 Å². The molecule has 0 spiro atoms. The molecule has 1 saturated heterocycles. The molecule has 5 atom stereocenters. The Morgan fingerprint density at radius 1 is 1.33 bits per heavy atom. The molecule has 2 rings (SSSR count). The van der Waals surface area contributed by atoms with E-state index in [1.165, 1.54) is 0 Å². The zero-order chi connectivity index (χ0) is 13.7. The average molecular weight is 279 g/mol. The number of amides is 1. The molecule has 0 aromatic rings. The highest BCUT2D eigenvalue weighted by Crippen LogP contribution is 2.40. The van der Waals surface area contributed by atoms with Gasteiger partial charge in [-0.2, -0.15) is 8.42 Å². The molecule has 4 N–H and O–H groups in total. The summed E-state index contributed by atoms with van der Waals surface area (Å²) in [6.45, 7) is 0. The van der Waals surface area contributed by atoms with Gasteiger partial charge in [-0.05, 0) is 12.8 Å². The molecule has 0 bridgehead atoms. The van der Waals surface area contributed by atoms with Crippen LogP contribution in [0.1, 0.15) is 12.8 Å². The van der Waals surface area contributed by atoms with Crippen molar-refractivity contribution in [1.29, 1.82) is 0 Å². The maximum Gasteiger partial charge on any atom is 0.328 e. The number of carboxylic acids is 1. The lowest BCUT2D eigenvalue weighted by Gasteiger charge is -2.34. The van der Waals surface area contributed by atoms with Crippen molar-refractivity contribution in [2.24, 2.45) is 11.8 Å². The Morgan fingerprint density at radius 3 is 2.44 bits per heavy atom. The van der Waals surface area contributed by atoms with Gasteiger partial charge < -0.3 is 15.5 Å². The van der Waals surface area contributed by atoms with Crippen LogP contribution in [0.4, 0.5) is 0 Å². The normalized spacial score (nSPS) is 40.1. The largest absolute Gasteiger partial charge is 0.480 e. The Balaban J connectivity index is 2.25. The van der Waals surface area contributed by atoms with E-state index < -0.39 is 51.2 Å². The van der Waals surface area contributed by atoms with Gasteiger partial charge in [0.2, 0.25) is 5.91 Å². The smallest absolute Gasteiger partial charge is 0.328 e. The maximum atomic E-state index is 11.6. The average Bonchev–Trinajstić information content (AvgIpc) is 2.67. The lowest BCUT2D eigenvalue weighted by molar-refractivity contribution is -0.152. The zero-order valence-corrected chi connectivity index (χ0v) is 10.0. The van der Waals surface area contributed by atoms with Gasteiger partial charge in [-0.3, -0.25) is 9.35 Å². The molecule has 18 heavy (non-hydrogen) atoms. The Kier molecular flexibility index (Phi) is 3.07. The second-order valence-electron chi connectivity index (χ2n) is 4.69. The van der Waals surface area contributed by atoms with Gasteiger partial charge in [0.25, 0.3) is 10.1 Å². The number of carbonyl (C=O) groups excluding carboxylic acids is 1. The number of nitrogens with one attached hydrogen (secondary N) is 1. The summed E-state index contributed by atoms with van der Waals surface area (Å²) in [5.41, 5.74) is 0. The predicted octanol–water partition coefficient (Wildman–Crippen LogP) is -1.79. The summed E-state index contributed by atoms with van der Waals surface area (Å²) < 4.78 is 31.0. The highest BCUT2D eigenvalue weighted by Gasteiger charge is 2.53. The van der Waals surface area contributed by atoms with Crippen LogP contribution in [-0.2, 0) is 19.7 Å². The molecule has 102 valence electrons. The van der Waals surface area contributed by atoms with Crippen LogP contribution in [0.3, 0.4) is 0 Å². The monoisotopic (exact) mass is 279 g/mol. The maximum absolute atomic E-state index is 11.6. The molecular formula is C9H13NO7S. The molecule has 1 heterocycles. The second-order valence-corrected chi connectivity index (χ2v) is 6.39. The fraction of sp³-hybridized carbons (Fsp3) is 0.778. The van der Waals surface area contributed by atoms with E-state index in [1.807, 2.05) is 0 Å². The minimum absolute atomic E-state index is 0.0985. The summed E-state index contributed by atoms with van der Waals surface area (Å²) in [5.74, 6) is -3.50. The van der Waals surface area contributed by atoms with Crippen LogP contribution in [0.5, 0.6) is 0 Å². The van der Waals surface area contributed by atoms with Gasteiger partial charge in [-0.25, -0.2) is 4.79 Å². The minimum Gasteiger partial charge on any atom is -0.480 e. The van der Waals surface area contributed by atoms with Crippen molar-refractivity contribution in [1.82, 2.24) is 5.32 Å². The number of rotatable bonds is 2. The molecule has 1 aliphatic carbocycles. The third-order valence-electron chi connectivity index (χ3n) is 3.67. The van der Waals surface area contributed by atoms with Crippen molar-refractivity contribution in [2.45, 2.75) is 30.2 Å². The highest BCUT2D eigenvalue weighted by atomic mass is 32.2. The highest BCUT2D eigenvalue weighted by molar-refractivity contribution is 7.86. The number of hydrogen-bond donors (Lipinski definition) is 4. The van der Waals surface area contributed by atoms with Crippen molar-refractivity contribution < 1.29 is 32.8 Å². The fourth-order valence-corrected chi connectivity index (χ4v) is 3.66. The molecular weight excluding hydrogens is 266 g/mol. The molecule has 1 amide bonds. The zero-order valence-electron chi connectivity index (χ0n) is 9.18. The van der Waals surface area contributed by atoms with Gasteiger partial charge >= 0.3 is 5.97 Å². The van der Waals surface area contributed by atoms with Crippen molar-refractivity contribution in [2.75, 3.05) is 0 Å². The molecule has 0 aromatic heterocycles. The molecule has 2 aliphatic rings. The van der Waals surface area contributed by atoms with E-state index in [1.54, 1.807) is 0 Å². The number of fused-ring (bicyclic) bond motifs is 1. The SMILES string of the molecule is O=C1N[C@H](C(=O)O)C(O)C2CC(S(=O)(=O)O)CC12. The van der Waals surface area contributed by atoms with Crippen LogP contribution in [-0.4, -0.2) is 52.5 Å². The standard InChI is InChI=1S/C9H13NO7S/c11-7-4-1-3(18(15,16)17)2-5(4)8(12)10-6(7)9(13)14/h3-7,11H,1-2H2,(H,10,12)(H,13,14)(H,15,16,17)/t3?,4?,5?,6-,7?/m0/s1. The molecule has 0 radical (unpaired) electrons. The van der Waals surface area contributed by atoms with Crippen LogP contribution >= 0.6 is 0 Å². The Bertz CT molecular complexity index is 487. The van der Waals surface area contributed by atoms with Gasteiger partial charge in [0.1, 0.15) is 0 Å². The third kappa shape index (κ3) is 2.08. The van der Waals surface area contributed by atoms with E-state index in [9.17, 15) is 23.1 Å². The van der Waals surface area contributed by atoms with E-state index in [4.69, 9.17) is 9.66 Å². The third-order valence-corrected chi connectivity index (χ3v) is 4.90. The predicted molar refractivity (Wildman–Crippen MR) is 57.1 cm³/mol. The fourth-order valence-electron chi connectivity index (χ4n) is 2.74. The molecule has 2 fully saturated rings. The van der Waals surface area contributed by atoms with Crippen LogP contribution in [0, 0.1) is 11.8 Å². The molecule has 1 saturated carbocycles. The van der Waals surface area contributed by atoms with Crippen LogP contribution in [0.15, 0.2) is 0 Å². The molecule has 1 aliphatic heterocycles. The van der Waals surface area contributed by atoms with E-state index in [-0.39, 0.29) is 12.8 Å². The molecule has 4 unspecified atom stereocenters. The number of carboxylic acid groups (broad SMARTS) is 1. The van der Waals surface area contributed by atoms with Crippen LogP contribution in [0.2, 0.25) is 0 Å². The Morgan fingerprint density at radius 2 is 1.94 bits per heavy atom. The van der Waals surface area contributed by atoms with Crippen LogP contribution in [0.25, 0.3) is 0 Å². The van der Waals surface area contributed by atoms with Crippen LogP contribution < -0.4 is 5.32 Å². The molecule has 0 aromatic carbocycles. The number of aliphatic hydroxyl groups excluding tert-OH is 1. The first-order valence-corrected chi connectivity index (χ1v) is 6.89. The summed E-state index contributed by atoms with van der Waals surface area (Å²) in [4.78, 5) is 22.5. The van der Waals surface area contributed by atoms with Crippen molar-refractivity contribution in [3.8, 4) is 0 Å². The lowest BCUT2D eigenvalue weighted by Crippen LogP contribution is -2.59. The van der Waals surface area contributed by atoms with E-state index in [0.29, 0.717) is 0 Å². The summed E-state index contributed by atoms with van der Waals surface area (Å²) in [7, 11) is -4.28. The quantitative estimate of drug-likeness (QED) is 0.437. The summed E-state index contributed by atoms with van der Waals surface area (Å²) in [6, 6.07) is -1.43. The minimum atomic E-state index is -4.28. The van der Waals surface area contributed by atoms with Gasteiger partial charge in [-0.1, -0.05) is 0 Å². The number of hydrogen-bond acceptors (Lipinski definition) is 5. The van der Waals surface area contributed by atoms with Gasteiger partial charge in [0, 0.05) is 11.8 Å². The lowest BCUT2D eigenvalue weighted by atomic mass is 9.82. The van der Waals surface area contributed by atoms with Gasteiger partial charge in [-0.15, -0.1) is 0 Å².